The molecule has 7 nitrogen and oxygen atoms in total. The summed E-state index contributed by atoms with van der Waals surface area (Å²) in [6.07, 6.45) is -6.22. The lowest BCUT2D eigenvalue weighted by atomic mass is 9.94. The van der Waals surface area contributed by atoms with Crippen LogP contribution in [-0.2, 0) is 4.74 Å². The summed E-state index contributed by atoms with van der Waals surface area (Å²) in [5, 5.41) is 54.5. The number of aliphatic hydroxyl groups is 6. The smallest absolute Gasteiger partial charge is 0.189 e. The van der Waals surface area contributed by atoms with Crippen LogP contribution >= 0.6 is 0 Å². The maximum Gasteiger partial charge on any atom is 0.189 e. The number of hydrogen-bond acceptors (Lipinski definition) is 7. The molecule has 0 spiro atoms. The summed E-state index contributed by atoms with van der Waals surface area (Å²) in [4.78, 5) is 0. The first-order valence-corrected chi connectivity index (χ1v) is 4.11. The number of hydrogen-bond donors (Lipinski definition) is 6. The highest BCUT2D eigenvalue weighted by atomic mass is 16.7. The summed E-state index contributed by atoms with van der Waals surface area (Å²) >= 11 is 0. The van der Waals surface area contributed by atoms with Gasteiger partial charge in [0.2, 0.25) is 0 Å². The Morgan fingerprint density at radius 3 is 2.21 bits per heavy atom. The zero-order valence-corrected chi connectivity index (χ0v) is 7.32. The lowest BCUT2D eigenvalue weighted by molar-refractivity contribution is -0.194. The third kappa shape index (κ3) is 1.63. The van der Waals surface area contributed by atoms with E-state index < -0.39 is 43.4 Å². The minimum absolute atomic E-state index is 0.685. The average molecular weight is 210 g/mol. The van der Waals surface area contributed by atoms with Gasteiger partial charge in [0, 0.05) is 0 Å². The van der Waals surface area contributed by atoms with Crippen molar-refractivity contribution >= 4 is 0 Å². The Balaban J connectivity index is 2.78. The molecular formula is C7H14O7. The van der Waals surface area contributed by atoms with E-state index in [0.29, 0.717) is 0 Å². The van der Waals surface area contributed by atoms with Crippen molar-refractivity contribution in [2.45, 2.75) is 30.2 Å². The molecule has 1 fully saturated rings. The fourth-order valence-electron chi connectivity index (χ4n) is 1.35. The Morgan fingerprint density at radius 1 is 1.29 bits per heavy atom. The van der Waals surface area contributed by atoms with E-state index in [0.717, 1.165) is 0 Å². The van der Waals surface area contributed by atoms with Gasteiger partial charge in [-0.25, -0.2) is 0 Å². The van der Waals surface area contributed by atoms with Crippen LogP contribution in [0.25, 0.3) is 0 Å². The first-order chi connectivity index (χ1) is 6.47. The molecule has 1 rings (SSSR count). The minimum Gasteiger partial charge on any atom is -0.394 e. The molecule has 7 heteroatoms. The SMILES string of the molecule is OC[C@@H](O)[C@H]1OC(O)[C@](O)(CO)[C@H]1O. The molecule has 6 N–H and O–H groups in total. The molecule has 1 heterocycles. The molecule has 1 unspecified atom stereocenters. The van der Waals surface area contributed by atoms with Crippen LogP contribution in [0.2, 0.25) is 0 Å². The topological polar surface area (TPSA) is 131 Å². The average Bonchev–Trinajstić information content (AvgIpc) is 2.42. The van der Waals surface area contributed by atoms with Gasteiger partial charge < -0.3 is 35.4 Å². The van der Waals surface area contributed by atoms with Crippen molar-refractivity contribution in [3.8, 4) is 0 Å². The summed E-state index contributed by atoms with van der Waals surface area (Å²) in [6.45, 7) is -1.60. The molecule has 0 aromatic heterocycles. The summed E-state index contributed by atoms with van der Waals surface area (Å²) in [5.74, 6) is 0. The molecule has 1 saturated heterocycles. The van der Waals surface area contributed by atoms with Gasteiger partial charge in [0.05, 0.1) is 13.2 Å². The van der Waals surface area contributed by atoms with E-state index in [4.69, 9.17) is 20.4 Å². The molecule has 1 aliphatic rings. The summed E-state index contributed by atoms with van der Waals surface area (Å²) in [5.41, 5.74) is -2.22. The van der Waals surface area contributed by atoms with Crippen molar-refractivity contribution in [1.82, 2.24) is 0 Å². The van der Waals surface area contributed by atoms with E-state index in [1.807, 2.05) is 0 Å². The van der Waals surface area contributed by atoms with Gasteiger partial charge in [-0.2, -0.15) is 0 Å². The second-order valence-corrected chi connectivity index (χ2v) is 3.30. The summed E-state index contributed by atoms with van der Waals surface area (Å²) in [7, 11) is 0. The number of rotatable bonds is 3. The Hall–Kier alpha value is -0.280. The monoisotopic (exact) mass is 210 g/mol. The predicted octanol–water partition coefficient (Wildman–Crippen LogP) is -3.86. The largest absolute Gasteiger partial charge is 0.394 e. The van der Waals surface area contributed by atoms with Gasteiger partial charge in [0.15, 0.2) is 11.9 Å². The third-order valence-corrected chi connectivity index (χ3v) is 2.36. The molecule has 14 heavy (non-hydrogen) atoms. The van der Waals surface area contributed by atoms with Gasteiger partial charge in [0.25, 0.3) is 0 Å². The Labute approximate surface area is 79.8 Å². The molecule has 0 aliphatic carbocycles. The van der Waals surface area contributed by atoms with E-state index in [2.05, 4.69) is 4.74 Å². The Morgan fingerprint density at radius 2 is 1.86 bits per heavy atom. The second-order valence-electron chi connectivity index (χ2n) is 3.30. The third-order valence-electron chi connectivity index (χ3n) is 2.36. The van der Waals surface area contributed by atoms with E-state index >= 15 is 0 Å². The van der Waals surface area contributed by atoms with Crippen LogP contribution in [0.3, 0.4) is 0 Å². The van der Waals surface area contributed by atoms with Gasteiger partial charge in [-0.1, -0.05) is 0 Å². The molecule has 0 aromatic rings. The fraction of sp³-hybridized carbons (Fsp3) is 1.00. The zero-order valence-electron chi connectivity index (χ0n) is 7.32. The first-order valence-electron chi connectivity index (χ1n) is 4.11. The van der Waals surface area contributed by atoms with Crippen molar-refractivity contribution < 1.29 is 35.4 Å². The first kappa shape index (κ1) is 11.8. The Bertz CT molecular complexity index is 198. The van der Waals surface area contributed by atoms with Gasteiger partial charge in [-0.3, -0.25) is 0 Å². The van der Waals surface area contributed by atoms with Crippen LogP contribution < -0.4 is 0 Å². The highest BCUT2D eigenvalue weighted by Gasteiger charge is 2.56. The molecule has 0 radical (unpaired) electrons. The molecule has 0 aromatic carbocycles. The second kappa shape index (κ2) is 4.07. The lowest BCUT2D eigenvalue weighted by Crippen LogP contribution is -2.52. The van der Waals surface area contributed by atoms with E-state index in [1.165, 1.54) is 0 Å². The maximum absolute atomic E-state index is 9.48. The predicted molar refractivity (Wildman–Crippen MR) is 42.0 cm³/mol. The standard InChI is InChI=1S/C7H14O7/c8-1-3(10)4-5(11)7(13,2-9)6(12)14-4/h3-6,8-13H,1-2H2/t3-,4-,5+,6?,7+/m1/s1. The quantitative estimate of drug-likeness (QED) is 0.281. The van der Waals surface area contributed by atoms with Crippen LogP contribution in [0.1, 0.15) is 0 Å². The van der Waals surface area contributed by atoms with E-state index in [1.54, 1.807) is 0 Å². The molecule has 1 aliphatic heterocycles. The number of aliphatic hydroxyl groups excluding tert-OH is 5. The van der Waals surface area contributed by atoms with Crippen LogP contribution in [0.5, 0.6) is 0 Å². The van der Waals surface area contributed by atoms with E-state index in [9.17, 15) is 10.2 Å². The Kier molecular flexibility index (Phi) is 3.43. The highest BCUT2D eigenvalue weighted by molar-refractivity contribution is 5.01. The van der Waals surface area contributed by atoms with E-state index in [-0.39, 0.29) is 0 Å². The highest BCUT2D eigenvalue weighted by Crippen LogP contribution is 2.31. The summed E-state index contributed by atoms with van der Waals surface area (Å²) in [6, 6.07) is 0. The van der Waals surface area contributed by atoms with Crippen LogP contribution in [0.15, 0.2) is 0 Å². The van der Waals surface area contributed by atoms with Gasteiger partial charge in [-0.15, -0.1) is 0 Å². The summed E-state index contributed by atoms with van der Waals surface area (Å²) < 4.78 is 4.62. The molecule has 0 amide bonds. The maximum atomic E-state index is 9.48. The fourth-order valence-corrected chi connectivity index (χ4v) is 1.35. The molecular weight excluding hydrogens is 196 g/mol. The lowest BCUT2D eigenvalue weighted by Gasteiger charge is -2.26. The molecule has 0 bridgehead atoms. The molecule has 84 valence electrons. The van der Waals surface area contributed by atoms with Crippen molar-refractivity contribution in [3.05, 3.63) is 0 Å². The van der Waals surface area contributed by atoms with Crippen molar-refractivity contribution in [2.75, 3.05) is 13.2 Å². The molecule has 0 saturated carbocycles. The minimum atomic E-state index is -2.22. The van der Waals surface area contributed by atoms with Crippen LogP contribution in [0, 0.1) is 0 Å². The number of ether oxygens (including phenoxy) is 1. The van der Waals surface area contributed by atoms with Crippen LogP contribution in [0.4, 0.5) is 0 Å². The van der Waals surface area contributed by atoms with Crippen LogP contribution in [-0.4, -0.2) is 74.1 Å². The van der Waals surface area contributed by atoms with Crippen molar-refractivity contribution in [2.24, 2.45) is 0 Å². The normalized spacial score (nSPS) is 45.4. The van der Waals surface area contributed by atoms with Gasteiger partial charge in [0.1, 0.15) is 18.3 Å². The van der Waals surface area contributed by atoms with Gasteiger partial charge >= 0.3 is 0 Å². The van der Waals surface area contributed by atoms with Gasteiger partial charge in [-0.05, 0) is 0 Å². The van der Waals surface area contributed by atoms with Crippen molar-refractivity contribution in [1.29, 1.82) is 0 Å². The van der Waals surface area contributed by atoms with Crippen molar-refractivity contribution in [3.63, 3.8) is 0 Å². The molecule has 5 atom stereocenters. The zero-order chi connectivity index (χ0) is 10.9.